The summed E-state index contributed by atoms with van der Waals surface area (Å²) in [5, 5.41) is 50.7. The molecule has 1 aromatic heterocycles. The minimum Gasteiger partial charge on any atom is -0.497 e. The van der Waals surface area contributed by atoms with Crippen LogP contribution in [0, 0.1) is 6.92 Å². The lowest BCUT2D eigenvalue weighted by atomic mass is 9.99. The van der Waals surface area contributed by atoms with Crippen molar-refractivity contribution < 1.29 is 34.6 Å². The van der Waals surface area contributed by atoms with Gasteiger partial charge in [-0.1, -0.05) is 24.3 Å². The summed E-state index contributed by atoms with van der Waals surface area (Å²) in [6.07, 6.45) is -5.37. The average molecular weight is 495 g/mol. The summed E-state index contributed by atoms with van der Waals surface area (Å²) in [6, 6.07) is 16.1. The molecule has 1 fully saturated rings. The van der Waals surface area contributed by atoms with Gasteiger partial charge in [-0.2, -0.15) is 5.10 Å². The number of nitrogens with one attached hydrogen (secondary N) is 1. The van der Waals surface area contributed by atoms with Gasteiger partial charge in [0.05, 0.1) is 24.6 Å². The SMILES string of the molecule is COc1ccc2cc(CCc3[nH]nc4cc(C)cc(O[C@@H]5O[C@H](CO)[C@@H](O)[C@H](O)[C@H]5O)c34)ccc2c1. The molecule has 0 saturated carbocycles. The first-order valence-electron chi connectivity index (χ1n) is 11.9. The topological polar surface area (TPSA) is 137 Å². The molecule has 1 saturated heterocycles. The largest absolute Gasteiger partial charge is 0.497 e. The Bertz CT molecular complexity index is 1370. The molecule has 0 unspecified atom stereocenters. The van der Waals surface area contributed by atoms with E-state index < -0.39 is 37.3 Å². The predicted molar refractivity (Wildman–Crippen MR) is 133 cm³/mol. The van der Waals surface area contributed by atoms with E-state index in [1.807, 2.05) is 37.3 Å². The molecule has 36 heavy (non-hydrogen) atoms. The first-order chi connectivity index (χ1) is 17.4. The number of aliphatic hydroxyl groups is 4. The van der Waals surface area contributed by atoms with Crippen molar-refractivity contribution in [2.24, 2.45) is 0 Å². The van der Waals surface area contributed by atoms with Gasteiger partial charge in [0.25, 0.3) is 0 Å². The van der Waals surface area contributed by atoms with Crippen LogP contribution in [-0.2, 0) is 17.6 Å². The second-order valence-electron chi connectivity index (χ2n) is 9.22. The number of methoxy groups -OCH3 is 1. The third-order valence-electron chi connectivity index (χ3n) is 6.71. The average Bonchev–Trinajstić information content (AvgIpc) is 3.30. The summed E-state index contributed by atoms with van der Waals surface area (Å²) in [7, 11) is 1.65. The van der Waals surface area contributed by atoms with E-state index in [1.165, 1.54) is 5.56 Å². The van der Waals surface area contributed by atoms with Gasteiger partial charge in [0, 0.05) is 5.69 Å². The van der Waals surface area contributed by atoms with E-state index in [1.54, 1.807) is 7.11 Å². The lowest BCUT2D eigenvalue weighted by Crippen LogP contribution is -2.60. The molecular formula is C27H30N2O7. The maximum absolute atomic E-state index is 10.4. The zero-order chi connectivity index (χ0) is 25.4. The van der Waals surface area contributed by atoms with Crippen LogP contribution in [-0.4, -0.2) is 75.0 Å². The van der Waals surface area contributed by atoms with Crippen LogP contribution in [0.3, 0.4) is 0 Å². The normalized spacial score (nSPS) is 24.3. The van der Waals surface area contributed by atoms with E-state index in [4.69, 9.17) is 14.2 Å². The third-order valence-corrected chi connectivity index (χ3v) is 6.71. The van der Waals surface area contributed by atoms with Crippen LogP contribution in [0.15, 0.2) is 48.5 Å². The third kappa shape index (κ3) is 4.63. The number of aryl methyl sites for hydroxylation is 3. The Balaban J connectivity index is 1.40. The summed E-state index contributed by atoms with van der Waals surface area (Å²) in [6.45, 7) is 1.38. The van der Waals surface area contributed by atoms with Crippen molar-refractivity contribution in [3.63, 3.8) is 0 Å². The zero-order valence-electron chi connectivity index (χ0n) is 20.1. The number of aromatic amines is 1. The Morgan fingerprint density at radius 1 is 0.944 bits per heavy atom. The van der Waals surface area contributed by atoms with Gasteiger partial charge in [-0.25, -0.2) is 0 Å². The summed E-state index contributed by atoms with van der Waals surface area (Å²) in [5.41, 5.74) is 3.62. The molecule has 4 aromatic rings. The van der Waals surface area contributed by atoms with Crippen LogP contribution in [0.2, 0.25) is 0 Å². The number of nitrogens with zero attached hydrogens (tertiary/aromatic N) is 1. The molecule has 9 heteroatoms. The fourth-order valence-electron chi connectivity index (χ4n) is 4.70. The number of aliphatic hydroxyl groups excluding tert-OH is 4. The van der Waals surface area contributed by atoms with Crippen LogP contribution >= 0.6 is 0 Å². The van der Waals surface area contributed by atoms with Crippen LogP contribution in [0.25, 0.3) is 21.7 Å². The molecule has 5 N–H and O–H groups in total. The van der Waals surface area contributed by atoms with Crippen molar-refractivity contribution >= 4 is 21.7 Å². The minimum absolute atomic E-state index is 0.434. The molecule has 190 valence electrons. The van der Waals surface area contributed by atoms with Crippen molar-refractivity contribution in [3.8, 4) is 11.5 Å². The summed E-state index contributed by atoms with van der Waals surface area (Å²) in [5.74, 6) is 1.25. The van der Waals surface area contributed by atoms with Crippen molar-refractivity contribution in [1.82, 2.24) is 10.2 Å². The number of hydrogen-bond acceptors (Lipinski definition) is 8. The van der Waals surface area contributed by atoms with E-state index in [9.17, 15) is 20.4 Å². The van der Waals surface area contributed by atoms with E-state index in [-0.39, 0.29) is 0 Å². The molecular weight excluding hydrogens is 464 g/mol. The van der Waals surface area contributed by atoms with E-state index in [0.717, 1.165) is 39.6 Å². The van der Waals surface area contributed by atoms with Gasteiger partial charge >= 0.3 is 0 Å². The molecule has 1 aliphatic rings. The second-order valence-corrected chi connectivity index (χ2v) is 9.22. The highest BCUT2D eigenvalue weighted by Gasteiger charge is 2.45. The van der Waals surface area contributed by atoms with Gasteiger partial charge in [0.2, 0.25) is 6.29 Å². The molecule has 3 aromatic carbocycles. The van der Waals surface area contributed by atoms with Gasteiger partial charge in [0.1, 0.15) is 35.9 Å². The van der Waals surface area contributed by atoms with Crippen LogP contribution in [0.4, 0.5) is 0 Å². The zero-order valence-corrected chi connectivity index (χ0v) is 20.1. The number of benzene rings is 3. The number of rotatable bonds is 7. The first-order valence-corrected chi connectivity index (χ1v) is 11.9. The predicted octanol–water partition coefficient (Wildman–Crippen LogP) is 2.00. The van der Waals surface area contributed by atoms with Crippen LogP contribution in [0.5, 0.6) is 11.5 Å². The molecule has 2 heterocycles. The van der Waals surface area contributed by atoms with Gasteiger partial charge in [-0.05, 0) is 65.9 Å². The molecule has 1 aliphatic heterocycles. The number of fused-ring (bicyclic) bond motifs is 2. The van der Waals surface area contributed by atoms with Crippen LogP contribution < -0.4 is 9.47 Å². The quantitative estimate of drug-likeness (QED) is 0.263. The van der Waals surface area contributed by atoms with Crippen molar-refractivity contribution in [2.75, 3.05) is 13.7 Å². The fourth-order valence-corrected chi connectivity index (χ4v) is 4.70. The summed E-state index contributed by atoms with van der Waals surface area (Å²) in [4.78, 5) is 0. The Morgan fingerprint density at radius 3 is 2.50 bits per heavy atom. The van der Waals surface area contributed by atoms with E-state index in [2.05, 4.69) is 28.4 Å². The highest BCUT2D eigenvalue weighted by molar-refractivity contribution is 5.88. The van der Waals surface area contributed by atoms with E-state index >= 15 is 0 Å². The lowest BCUT2D eigenvalue weighted by Gasteiger charge is -2.39. The standard InChI is InChI=1S/C27H30N2O7/c1-14-9-20-23(21(10-14)35-27-26(33)25(32)24(31)22(13-30)36-27)19(28-29-20)8-4-15-3-5-17-12-18(34-2)7-6-16(17)11-15/h3,5-7,9-12,22,24-27,30-33H,4,8,13H2,1-2H3,(H,28,29)/t22-,24-,25+,26-,27-/m1/s1. The monoisotopic (exact) mass is 494 g/mol. The maximum atomic E-state index is 10.4. The molecule has 0 bridgehead atoms. The number of hydrogen-bond donors (Lipinski definition) is 5. The molecule has 0 radical (unpaired) electrons. The van der Waals surface area contributed by atoms with Gasteiger partial charge in [0.15, 0.2) is 0 Å². The molecule has 0 spiro atoms. The molecule has 0 aliphatic carbocycles. The van der Waals surface area contributed by atoms with E-state index in [0.29, 0.717) is 17.7 Å². The van der Waals surface area contributed by atoms with Crippen molar-refractivity contribution in [3.05, 3.63) is 65.4 Å². The number of H-pyrrole nitrogens is 1. The molecule has 0 amide bonds. The van der Waals surface area contributed by atoms with Crippen molar-refractivity contribution in [2.45, 2.75) is 50.5 Å². The number of aromatic nitrogens is 2. The van der Waals surface area contributed by atoms with Crippen LogP contribution in [0.1, 0.15) is 16.8 Å². The Morgan fingerprint density at radius 2 is 1.72 bits per heavy atom. The Kier molecular flexibility index (Phi) is 6.83. The van der Waals surface area contributed by atoms with Gasteiger partial charge in [-0.15, -0.1) is 0 Å². The summed E-state index contributed by atoms with van der Waals surface area (Å²) < 4.78 is 16.9. The van der Waals surface area contributed by atoms with Crippen molar-refractivity contribution in [1.29, 1.82) is 0 Å². The second kappa shape index (κ2) is 10.0. The Labute approximate surface area is 207 Å². The number of ether oxygens (including phenoxy) is 3. The molecule has 9 nitrogen and oxygen atoms in total. The Hall–Kier alpha value is -3.21. The lowest BCUT2D eigenvalue weighted by molar-refractivity contribution is -0.277. The van der Waals surface area contributed by atoms with Gasteiger partial charge in [-0.3, -0.25) is 5.10 Å². The minimum atomic E-state index is -1.52. The first kappa shape index (κ1) is 24.5. The smallest absolute Gasteiger partial charge is 0.229 e. The highest BCUT2D eigenvalue weighted by atomic mass is 16.7. The van der Waals surface area contributed by atoms with Gasteiger partial charge < -0.3 is 34.6 Å². The fraction of sp³-hybridized carbons (Fsp3) is 0.370. The molecule has 5 rings (SSSR count). The highest BCUT2D eigenvalue weighted by Crippen LogP contribution is 2.33. The maximum Gasteiger partial charge on any atom is 0.229 e. The molecule has 5 atom stereocenters. The summed E-state index contributed by atoms with van der Waals surface area (Å²) >= 11 is 0.